The van der Waals surface area contributed by atoms with Crippen LogP contribution in [0.3, 0.4) is 0 Å². The molecule has 2 heterocycles. The van der Waals surface area contributed by atoms with Crippen LogP contribution in [0, 0.1) is 0 Å². The maximum Gasteiger partial charge on any atom is 0.121 e. The van der Waals surface area contributed by atoms with Crippen LogP contribution in [0.1, 0.15) is 18.4 Å². The van der Waals surface area contributed by atoms with E-state index in [2.05, 4.69) is 44.5 Å². The highest BCUT2D eigenvalue weighted by Crippen LogP contribution is 2.12. The van der Waals surface area contributed by atoms with E-state index in [0.717, 1.165) is 36.5 Å². The van der Waals surface area contributed by atoms with Crippen molar-refractivity contribution in [2.75, 3.05) is 7.05 Å². The van der Waals surface area contributed by atoms with Gasteiger partial charge in [0, 0.05) is 19.3 Å². The molecule has 0 spiro atoms. The summed E-state index contributed by atoms with van der Waals surface area (Å²) in [5, 5.41) is 0. The number of aromatic nitrogens is 4. The Hall–Kier alpha value is -2.14. The first-order chi connectivity index (χ1) is 9.76. The Morgan fingerprint density at radius 1 is 1.25 bits per heavy atom. The van der Waals surface area contributed by atoms with Gasteiger partial charge in [-0.1, -0.05) is 12.1 Å². The van der Waals surface area contributed by atoms with Gasteiger partial charge in [-0.2, -0.15) is 0 Å². The van der Waals surface area contributed by atoms with E-state index < -0.39 is 0 Å². The van der Waals surface area contributed by atoms with Gasteiger partial charge >= 0.3 is 0 Å². The van der Waals surface area contributed by atoms with Crippen LogP contribution < -0.4 is 0 Å². The molecule has 5 heteroatoms. The van der Waals surface area contributed by atoms with E-state index in [4.69, 9.17) is 0 Å². The predicted molar refractivity (Wildman–Crippen MR) is 79.2 cm³/mol. The Kier molecular flexibility index (Phi) is 3.52. The average molecular weight is 269 g/mol. The summed E-state index contributed by atoms with van der Waals surface area (Å²) >= 11 is 0. The van der Waals surface area contributed by atoms with Crippen LogP contribution in [0.15, 0.2) is 36.8 Å². The fourth-order valence-corrected chi connectivity index (χ4v) is 2.43. The van der Waals surface area contributed by atoms with Gasteiger partial charge in [-0.15, -0.1) is 0 Å². The minimum Gasteiger partial charge on any atom is -0.341 e. The smallest absolute Gasteiger partial charge is 0.121 e. The van der Waals surface area contributed by atoms with Gasteiger partial charge in [-0.05, 0) is 26.1 Å². The third-order valence-electron chi connectivity index (χ3n) is 3.43. The molecule has 0 bridgehead atoms. The largest absolute Gasteiger partial charge is 0.341 e. The molecule has 3 aromatic rings. The van der Waals surface area contributed by atoms with Crippen molar-refractivity contribution in [3.05, 3.63) is 48.3 Å². The minimum absolute atomic E-state index is 0.795. The molecular weight excluding hydrogens is 250 g/mol. The second-order valence-corrected chi connectivity index (χ2v) is 5.04. The Bertz CT molecular complexity index is 664. The summed E-state index contributed by atoms with van der Waals surface area (Å²) in [6.07, 6.45) is 3.81. The monoisotopic (exact) mass is 269 g/mol. The quantitative estimate of drug-likeness (QED) is 0.774. The van der Waals surface area contributed by atoms with Gasteiger partial charge in [0.1, 0.15) is 5.82 Å². The topological polar surface area (TPSA) is 49.7 Å². The molecule has 20 heavy (non-hydrogen) atoms. The number of fused-ring (bicyclic) bond motifs is 1. The average Bonchev–Trinajstić information content (AvgIpc) is 3.03. The van der Waals surface area contributed by atoms with Gasteiger partial charge < -0.3 is 9.55 Å². The van der Waals surface area contributed by atoms with Crippen LogP contribution in [-0.4, -0.2) is 31.5 Å². The molecule has 0 unspecified atom stereocenters. The third kappa shape index (κ3) is 2.58. The van der Waals surface area contributed by atoms with Crippen molar-refractivity contribution in [1.82, 2.24) is 24.4 Å². The lowest BCUT2D eigenvalue weighted by molar-refractivity contribution is 0.303. The van der Waals surface area contributed by atoms with Crippen molar-refractivity contribution in [2.24, 2.45) is 0 Å². The highest BCUT2D eigenvalue weighted by atomic mass is 15.2. The highest BCUT2D eigenvalue weighted by molar-refractivity contribution is 5.74. The van der Waals surface area contributed by atoms with E-state index in [1.54, 1.807) is 0 Å². The molecule has 1 aromatic carbocycles. The number of aryl methyl sites for hydroxylation is 1. The van der Waals surface area contributed by atoms with E-state index >= 15 is 0 Å². The maximum absolute atomic E-state index is 4.60. The highest BCUT2D eigenvalue weighted by Gasteiger charge is 2.08. The Morgan fingerprint density at radius 3 is 2.90 bits per heavy atom. The van der Waals surface area contributed by atoms with Crippen molar-refractivity contribution in [3.63, 3.8) is 0 Å². The number of hydrogen-bond donors (Lipinski definition) is 1. The van der Waals surface area contributed by atoms with Crippen molar-refractivity contribution in [3.8, 4) is 0 Å². The molecule has 0 fully saturated rings. The van der Waals surface area contributed by atoms with Gasteiger partial charge in [0.05, 0.1) is 29.6 Å². The standard InChI is InChI=1S/C15H19N5/c1-3-20-11-16-8-12(20)9-19(2)10-15-17-13-6-4-5-7-14(13)18-15/h4-8,11H,3,9-10H2,1-2H3,(H,17,18). The summed E-state index contributed by atoms with van der Waals surface area (Å²) in [7, 11) is 2.10. The molecule has 0 aliphatic carbocycles. The molecule has 0 aliphatic rings. The number of hydrogen-bond acceptors (Lipinski definition) is 3. The van der Waals surface area contributed by atoms with E-state index in [-0.39, 0.29) is 0 Å². The van der Waals surface area contributed by atoms with Crippen molar-refractivity contribution < 1.29 is 0 Å². The van der Waals surface area contributed by atoms with Gasteiger partial charge in [0.15, 0.2) is 0 Å². The SMILES string of the molecule is CCn1cncc1CN(C)Cc1nc2ccccc2[nH]1. The minimum atomic E-state index is 0.795. The van der Waals surface area contributed by atoms with Crippen LogP contribution >= 0.6 is 0 Å². The van der Waals surface area contributed by atoms with Gasteiger partial charge in [0.2, 0.25) is 0 Å². The first-order valence-electron chi connectivity index (χ1n) is 6.87. The lowest BCUT2D eigenvalue weighted by Gasteiger charge is -2.15. The zero-order chi connectivity index (χ0) is 13.9. The molecule has 1 N–H and O–H groups in total. The van der Waals surface area contributed by atoms with Crippen LogP contribution in [0.2, 0.25) is 0 Å². The Balaban J connectivity index is 1.70. The van der Waals surface area contributed by atoms with Gasteiger partial charge in [0.25, 0.3) is 0 Å². The summed E-state index contributed by atoms with van der Waals surface area (Å²) in [4.78, 5) is 14.4. The van der Waals surface area contributed by atoms with E-state index in [0.29, 0.717) is 0 Å². The molecule has 0 saturated heterocycles. The summed E-state index contributed by atoms with van der Waals surface area (Å²) in [6, 6.07) is 8.11. The normalized spacial score (nSPS) is 11.6. The lowest BCUT2D eigenvalue weighted by Crippen LogP contribution is -2.19. The summed E-state index contributed by atoms with van der Waals surface area (Å²) < 4.78 is 2.16. The Labute approximate surface area is 118 Å². The summed E-state index contributed by atoms with van der Waals surface area (Å²) in [5.74, 6) is 0.997. The molecule has 0 amide bonds. The zero-order valence-electron chi connectivity index (χ0n) is 11.9. The van der Waals surface area contributed by atoms with E-state index in [1.807, 2.05) is 30.7 Å². The van der Waals surface area contributed by atoms with Gasteiger partial charge in [-0.3, -0.25) is 4.90 Å². The third-order valence-corrected chi connectivity index (χ3v) is 3.43. The first kappa shape index (κ1) is 12.9. The number of rotatable bonds is 5. The predicted octanol–water partition coefficient (Wildman–Crippen LogP) is 2.41. The fraction of sp³-hybridized carbons (Fsp3) is 0.333. The van der Waals surface area contributed by atoms with Crippen LogP contribution in [-0.2, 0) is 19.6 Å². The lowest BCUT2D eigenvalue weighted by atomic mass is 10.3. The molecule has 104 valence electrons. The first-order valence-corrected chi connectivity index (χ1v) is 6.87. The number of imidazole rings is 2. The van der Waals surface area contributed by atoms with E-state index in [9.17, 15) is 0 Å². The molecule has 3 rings (SSSR count). The van der Waals surface area contributed by atoms with Crippen LogP contribution in [0.4, 0.5) is 0 Å². The second kappa shape index (κ2) is 5.46. The van der Waals surface area contributed by atoms with E-state index in [1.165, 1.54) is 5.69 Å². The number of aromatic amines is 1. The van der Waals surface area contributed by atoms with Crippen molar-refractivity contribution in [2.45, 2.75) is 26.6 Å². The number of H-pyrrole nitrogens is 1. The number of benzene rings is 1. The molecule has 0 radical (unpaired) electrons. The van der Waals surface area contributed by atoms with Crippen LogP contribution in [0.25, 0.3) is 11.0 Å². The molecular formula is C15H19N5. The number of nitrogens with one attached hydrogen (secondary N) is 1. The van der Waals surface area contributed by atoms with Crippen molar-refractivity contribution in [1.29, 1.82) is 0 Å². The molecule has 0 atom stereocenters. The van der Waals surface area contributed by atoms with Crippen molar-refractivity contribution >= 4 is 11.0 Å². The molecule has 0 saturated carbocycles. The number of nitrogens with zero attached hydrogens (tertiary/aromatic N) is 4. The number of para-hydroxylation sites is 2. The van der Waals surface area contributed by atoms with Crippen LogP contribution in [0.5, 0.6) is 0 Å². The molecule has 0 aliphatic heterocycles. The summed E-state index contributed by atoms with van der Waals surface area (Å²) in [6.45, 7) is 4.74. The summed E-state index contributed by atoms with van der Waals surface area (Å²) in [5.41, 5.74) is 3.34. The molecule has 5 nitrogen and oxygen atoms in total. The zero-order valence-corrected chi connectivity index (χ0v) is 11.9. The Morgan fingerprint density at radius 2 is 2.10 bits per heavy atom. The molecule has 2 aromatic heterocycles. The maximum atomic E-state index is 4.60. The fourth-order valence-electron chi connectivity index (χ4n) is 2.43. The van der Waals surface area contributed by atoms with Gasteiger partial charge in [-0.25, -0.2) is 9.97 Å². The second-order valence-electron chi connectivity index (χ2n) is 5.04.